The van der Waals surface area contributed by atoms with Crippen molar-refractivity contribution >= 4 is 29.3 Å². The maximum absolute atomic E-state index is 10.8. The maximum atomic E-state index is 10.8. The van der Waals surface area contributed by atoms with Gasteiger partial charge in [0.1, 0.15) is 0 Å². The summed E-state index contributed by atoms with van der Waals surface area (Å²) in [7, 11) is 0. The molecule has 1 heterocycles. The smallest absolute Gasteiger partial charge is 0.223 e. The molecule has 1 amide bonds. The summed E-state index contributed by atoms with van der Waals surface area (Å²) in [4.78, 5) is 12.0. The molecule has 1 N–H and O–H groups in total. The Morgan fingerprint density at radius 2 is 2.07 bits per heavy atom. The van der Waals surface area contributed by atoms with Crippen molar-refractivity contribution in [3.05, 3.63) is 28.3 Å². The number of rotatable bonds is 2. The molecule has 80 valence electrons. The third-order valence-electron chi connectivity index (χ3n) is 2.42. The zero-order chi connectivity index (χ0) is 11.0. The fraction of sp³-hybridized carbons (Fsp3) is 0.364. The van der Waals surface area contributed by atoms with Crippen LogP contribution in [0.5, 0.6) is 0 Å². The van der Waals surface area contributed by atoms with Crippen LogP contribution >= 0.6 is 23.4 Å². The highest BCUT2D eigenvalue weighted by atomic mass is 35.5. The lowest BCUT2D eigenvalue weighted by Gasteiger charge is -2.26. The topological polar surface area (TPSA) is 29.1 Å². The van der Waals surface area contributed by atoms with Gasteiger partial charge >= 0.3 is 0 Å². The minimum atomic E-state index is 0.135. The molecule has 4 heteroatoms. The quantitative estimate of drug-likeness (QED) is 0.807. The Balaban J connectivity index is 2.14. The molecule has 0 aliphatic carbocycles. The van der Waals surface area contributed by atoms with E-state index >= 15 is 0 Å². The molecule has 0 spiro atoms. The number of aryl methyl sites for hydroxylation is 2. The van der Waals surface area contributed by atoms with Crippen molar-refractivity contribution < 1.29 is 4.79 Å². The lowest BCUT2D eigenvalue weighted by molar-refractivity contribution is -0.126. The number of nitrogens with one attached hydrogen (secondary N) is 1. The van der Waals surface area contributed by atoms with Gasteiger partial charge in [-0.25, -0.2) is 0 Å². The zero-order valence-corrected chi connectivity index (χ0v) is 10.2. The molecule has 0 aromatic heterocycles. The van der Waals surface area contributed by atoms with Crippen LogP contribution in [0, 0.1) is 13.8 Å². The van der Waals surface area contributed by atoms with E-state index in [-0.39, 0.29) is 11.3 Å². The number of hydrogen-bond donors (Lipinski definition) is 1. The van der Waals surface area contributed by atoms with Crippen LogP contribution in [0.1, 0.15) is 17.5 Å². The maximum Gasteiger partial charge on any atom is 0.223 e. The van der Waals surface area contributed by atoms with Gasteiger partial charge in [-0.3, -0.25) is 4.79 Å². The Labute approximate surface area is 98.4 Å². The second kappa shape index (κ2) is 4.06. The number of hydrogen-bond acceptors (Lipinski definition) is 2. The van der Waals surface area contributed by atoms with E-state index in [0.29, 0.717) is 6.42 Å². The number of amides is 1. The Morgan fingerprint density at radius 1 is 1.40 bits per heavy atom. The van der Waals surface area contributed by atoms with E-state index in [1.54, 1.807) is 11.8 Å². The number of carbonyl (C=O) groups is 1. The van der Waals surface area contributed by atoms with Crippen LogP contribution in [-0.4, -0.2) is 11.3 Å². The summed E-state index contributed by atoms with van der Waals surface area (Å²) in [5.74, 6) is 0.135. The van der Waals surface area contributed by atoms with E-state index < -0.39 is 0 Å². The predicted octanol–water partition coefficient (Wildman–Crippen LogP) is 2.89. The van der Waals surface area contributed by atoms with Crippen molar-refractivity contribution in [1.82, 2.24) is 5.32 Å². The Morgan fingerprint density at radius 3 is 2.67 bits per heavy atom. The van der Waals surface area contributed by atoms with Crippen LogP contribution in [0.3, 0.4) is 0 Å². The average molecular weight is 242 g/mol. The summed E-state index contributed by atoms with van der Waals surface area (Å²) in [5, 5.41) is 3.88. The average Bonchev–Trinajstić information content (AvgIpc) is 2.11. The standard InChI is InChI=1S/C11H12ClNOS/c1-6-4-9(7(2)3-8(6)12)15-11-5-10(14)13-11/h3-4,11H,5H2,1-2H3,(H,13,14). The highest BCUT2D eigenvalue weighted by Crippen LogP contribution is 2.33. The molecule has 1 unspecified atom stereocenters. The van der Waals surface area contributed by atoms with Gasteiger partial charge in [-0.1, -0.05) is 11.6 Å². The molecule has 15 heavy (non-hydrogen) atoms. The van der Waals surface area contributed by atoms with Crippen LogP contribution < -0.4 is 5.32 Å². The van der Waals surface area contributed by atoms with Gasteiger partial charge in [-0.15, -0.1) is 11.8 Å². The summed E-state index contributed by atoms with van der Waals surface area (Å²) in [6, 6.07) is 4.05. The first-order chi connectivity index (χ1) is 7.06. The lowest BCUT2D eigenvalue weighted by Crippen LogP contribution is -2.46. The van der Waals surface area contributed by atoms with Gasteiger partial charge in [0.25, 0.3) is 0 Å². The van der Waals surface area contributed by atoms with Gasteiger partial charge < -0.3 is 5.32 Å². The summed E-state index contributed by atoms with van der Waals surface area (Å²) in [6.45, 7) is 4.03. The first-order valence-corrected chi connectivity index (χ1v) is 6.05. The summed E-state index contributed by atoms with van der Waals surface area (Å²) in [5.41, 5.74) is 2.24. The highest BCUT2D eigenvalue weighted by molar-refractivity contribution is 8.00. The van der Waals surface area contributed by atoms with Crippen molar-refractivity contribution in [1.29, 1.82) is 0 Å². The minimum absolute atomic E-state index is 0.135. The first-order valence-electron chi connectivity index (χ1n) is 4.79. The van der Waals surface area contributed by atoms with E-state index in [1.165, 1.54) is 4.90 Å². The van der Waals surface area contributed by atoms with E-state index in [9.17, 15) is 4.79 Å². The largest absolute Gasteiger partial charge is 0.343 e. The van der Waals surface area contributed by atoms with Gasteiger partial charge in [0.2, 0.25) is 5.91 Å². The van der Waals surface area contributed by atoms with Gasteiger partial charge in [0.15, 0.2) is 0 Å². The molecule has 1 atom stereocenters. The van der Waals surface area contributed by atoms with E-state index in [0.717, 1.165) is 16.1 Å². The Hall–Kier alpha value is -0.670. The third-order valence-corrected chi connectivity index (χ3v) is 4.09. The fourth-order valence-corrected chi connectivity index (χ4v) is 2.87. The molecule has 1 aliphatic rings. The van der Waals surface area contributed by atoms with E-state index in [2.05, 4.69) is 11.4 Å². The van der Waals surface area contributed by atoms with Gasteiger partial charge in [0.05, 0.1) is 11.8 Å². The molecular weight excluding hydrogens is 230 g/mol. The van der Waals surface area contributed by atoms with Crippen molar-refractivity contribution in [2.75, 3.05) is 0 Å². The third kappa shape index (κ3) is 2.29. The molecule has 1 aliphatic heterocycles. The number of thioether (sulfide) groups is 1. The van der Waals surface area contributed by atoms with Crippen LogP contribution in [0.25, 0.3) is 0 Å². The molecule has 1 fully saturated rings. The summed E-state index contributed by atoms with van der Waals surface area (Å²) in [6.07, 6.45) is 0.617. The van der Waals surface area contributed by atoms with Crippen LogP contribution in [0.2, 0.25) is 5.02 Å². The predicted molar refractivity (Wildman–Crippen MR) is 63.3 cm³/mol. The molecule has 0 bridgehead atoms. The minimum Gasteiger partial charge on any atom is -0.343 e. The van der Waals surface area contributed by atoms with Crippen molar-refractivity contribution in [3.63, 3.8) is 0 Å². The first kappa shape index (κ1) is 10.8. The van der Waals surface area contributed by atoms with Crippen molar-refractivity contribution in [2.45, 2.75) is 30.5 Å². The van der Waals surface area contributed by atoms with Gasteiger partial charge in [-0.05, 0) is 37.1 Å². The second-order valence-electron chi connectivity index (χ2n) is 3.75. The number of β-lactam (4-membered cyclic amide) rings is 1. The molecule has 1 aromatic rings. The van der Waals surface area contributed by atoms with Gasteiger partial charge in [-0.2, -0.15) is 0 Å². The molecule has 1 aromatic carbocycles. The molecular formula is C11H12ClNOS. The lowest BCUT2D eigenvalue weighted by atomic mass is 10.2. The molecule has 1 saturated heterocycles. The van der Waals surface area contributed by atoms with Crippen LogP contribution in [0.15, 0.2) is 17.0 Å². The van der Waals surface area contributed by atoms with Crippen LogP contribution in [0.4, 0.5) is 0 Å². The summed E-state index contributed by atoms with van der Waals surface area (Å²) < 4.78 is 0. The number of carbonyl (C=O) groups excluding carboxylic acids is 1. The number of benzene rings is 1. The zero-order valence-electron chi connectivity index (χ0n) is 8.63. The summed E-state index contributed by atoms with van der Waals surface area (Å²) >= 11 is 7.71. The second-order valence-corrected chi connectivity index (χ2v) is 5.40. The Kier molecular flexibility index (Phi) is 2.94. The van der Waals surface area contributed by atoms with E-state index in [4.69, 9.17) is 11.6 Å². The Bertz CT molecular complexity index is 411. The van der Waals surface area contributed by atoms with Crippen molar-refractivity contribution in [3.8, 4) is 0 Å². The molecule has 2 nitrogen and oxygen atoms in total. The molecule has 0 saturated carbocycles. The monoisotopic (exact) mass is 241 g/mol. The number of halogens is 1. The highest BCUT2D eigenvalue weighted by Gasteiger charge is 2.26. The van der Waals surface area contributed by atoms with Crippen molar-refractivity contribution in [2.24, 2.45) is 0 Å². The molecule has 0 radical (unpaired) electrons. The van der Waals surface area contributed by atoms with Gasteiger partial charge in [0, 0.05) is 9.92 Å². The van der Waals surface area contributed by atoms with E-state index in [1.807, 2.05) is 19.9 Å². The fourth-order valence-electron chi connectivity index (χ4n) is 1.43. The molecule has 2 rings (SSSR count). The SMILES string of the molecule is Cc1cc(SC2CC(=O)N2)c(C)cc1Cl. The normalized spacial score (nSPS) is 19.7. The van der Waals surface area contributed by atoms with Crippen LogP contribution in [-0.2, 0) is 4.79 Å².